The SMILES string of the molecule is COc1ccccc1Cn1ccnc1[C@@H](CC(=O)Cn1nc(C(F)(F)F)c2c1CCCC2)Cc1ccccc1. The molecule has 0 amide bonds. The number of rotatable bonds is 10. The number of carbonyl (C=O) groups excluding carboxylic acids is 1. The Morgan fingerprint density at radius 2 is 1.79 bits per heavy atom. The molecule has 0 saturated carbocycles. The molecule has 2 aromatic heterocycles. The highest BCUT2D eigenvalue weighted by molar-refractivity contribution is 5.79. The Balaban J connectivity index is 1.41. The number of hydrogen-bond donors (Lipinski definition) is 0. The van der Waals surface area contributed by atoms with Gasteiger partial charge in [0, 0.05) is 41.6 Å². The number of Topliss-reactive ketones (excluding diaryl/α,β-unsaturated/α-hetero) is 1. The van der Waals surface area contributed by atoms with E-state index in [1.165, 1.54) is 4.68 Å². The number of nitrogens with zero attached hydrogens (tertiary/aromatic N) is 4. The van der Waals surface area contributed by atoms with Gasteiger partial charge >= 0.3 is 6.18 Å². The van der Waals surface area contributed by atoms with Crippen LogP contribution in [0.2, 0.25) is 0 Å². The van der Waals surface area contributed by atoms with Crippen LogP contribution in [0, 0.1) is 0 Å². The summed E-state index contributed by atoms with van der Waals surface area (Å²) in [7, 11) is 1.63. The van der Waals surface area contributed by atoms with Crippen molar-refractivity contribution in [3.05, 3.63) is 101 Å². The van der Waals surface area contributed by atoms with Gasteiger partial charge in [0.1, 0.15) is 11.6 Å². The molecule has 4 aromatic rings. The van der Waals surface area contributed by atoms with Gasteiger partial charge in [-0.05, 0) is 43.7 Å². The topological polar surface area (TPSA) is 61.9 Å². The van der Waals surface area contributed by atoms with Crippen molar-refractivity contribution in [2.24, 2.45) is 0 Å². The first-order valence-electron chi connectivity index (χ1n) is 13.2. The predicted molar refractivity (Wildman–Crippen MR) is 141 cm³/mol. The molecule has 0 bridgehead atoms. The second-order valence-electron chi connectivity index (χ2n) is 9.99. The number of methoxy groups -OCH3 is 1. The van der Waals surface area contributed by atoms with E-state index in [4.69, 9.17) is 4.74 Å². The molecule has 0 unspecified atom stereocenters. The average molecular weight is 537 g/mol. The van der Waals surface area contributed by atoms with E-state index < -0.39 is 11.9 Å². The van der Waals surface area contributed by atoms with Crippen LogP contribution in [0.1, 0.15) is 59.1 Å². The van der Waals surface area contributed by atoms with Crippen LogP contribution >= 0.6 is 0 Å². The first-order valence-corrected chi connectivity index (χ1v) is 13.2. The van der Waals surface area contributed by atoms with Crippen molar-refractivity contribution in [1.82, 2.24) is 19.3 Å². The Morgan fingerprint density at radius 3 is 2.56 bits per heavy atom. The first-order chi connectivity index (χ1) is 18.8. The normalized spacial score (nSPS) is 14.2. The van der Waals surface area contributed by atoms with Crippen molar-refractivity contribution in [1.29, 1.82) is 0 Å². The van der Waals surface area contributed by atoms with E-state index in [0.29, 0.717) is 37.9 Å². The number of imidazole rings is 1. The maximum atomic E-state index is 13.7. The fraction of sp³-hybridized carbons (Fsp3) is 0.367. The van der Waals surface area contributed by atoms with E-state index in [2.05, 4.69) is 10.1 Å². The summed E-state index contributed by atoms with van der Waals surface area (Å²) in [6.07, 6.45) is 2.10. The molecule has 39 heavy (non-hydrogen) atoms. The molecule has 0 radical (unpaired) electrons. The number of aromatic nitrogens is 4. The van der Waals surface area contributed by atoms with E-state index in [-0.39, 0.29) is 30.2 Å². The zero-order chi connectivity index (χ0) is 27.4. The number of benzene rings is 2. The molecule has 2 heterocycles. The quantitative estimate of drug-likeness (QED) is 0.249. The summed E-state index contributed by atoms with van der Waals surface area (Å²) in [5.41, 5.74) is 1.97. The lowest BCUT2D eigenvalue weighted by Crippen LogP contribution is -2.21. The van der Waals surface area contributed by atoms with Crippen LogP contribution in [0.15, 0.2) is 67.0 Å². The van der Waals surface area contributed by atoms with Gasteiger partial charge < -0.3 is 9.30 Å². The minimum atomic E-state index is -4.53. The Bertz CT molecular complexity index is 1430. The number of ketones is 1. The maximum Gasteiger partial charge on any atom is 0.435 e. The van der Waals surface area contributed by atoms with Crippen LogP contribution in [-0.4, -0.2) is 32.2 Å². The second-order valence-corrected chi connectivity index (χ2v) is 9.99. The van der Waals surface area contributed by atoms with Crippen molar-refractivity contribution in [3.8, 4) is 5.75 Å². The minimum absolute atomic E-state index is 0.133. The van der Waals surface area contributed by atoms with E-state index in [1.54, 1.807) is 13.3 Å². The van der Waals surface area contributed by atoms with Crippen molar-refractivity contribution in [2.75, 3.05) is 7.11 Å². The molecule has 0 saturated heterocycles. The number of carbonyl (C=O) groups is 1. The molecule has 0 aliphatic heterocycles. The molecule has 0 N–H and O–H groups in total. The number of hydrogen-bond acceptors (Lipinski definition) is 4. The number of halogens is 3. The van der Waals surface area contributed by atoms with Gasteiger partial charge in [-0.2, -0.15) is 18.3 Å². The molecule has 6 nitrogen and oxygen atoms in total. The predicted octanol–water partition coefficient (Wildman–Crippen LogP) is 6.02. The molecule has 2 aromatic carbocycles. The van der Waals surface area contributed by atoms with Gasteiger partial charge in [0.15, 0.2) is 11.5 Å². The Hall–Kier alpha value is -3.88. The van der Waals surface area contributed by atoms with Crippen LogP contribution in [0.3, 0.4) is 0 Å². The van der Waals surface area contributed by atoms with Gasteiger partial charge in [-0.3, -0.25) is 9.48 Å². The van der Waals surface area contributed by atoms with E-state index in [1.807, 2.05) is 65.4 Å². The molecular formula is C30H31F3N4O2. The lowest BCUT2D eigenvalue weighted by atomic mass is 9.93. The molecule has 1 atom stereocenters. The van der Waals surface area contributed by atoms with Gasteiger partial charge in [-0.1, -0.05) is 48.5 Å². The van der Waals surface area contributed by atoms with Gasteiger partial charge in [0.2, 0.25) is 0 Å². The summed E-state index contributed by atoms with van der Waals surface area (Å²) in [5.74, 6) is 1.07. The average Bonchev–Trinajstić information content (AvgIpc) is 3.54. The van der Waals surface area contributed by atoms with Crippen LogP contribution < -0.4 is 4.74 Å². The third kappa shape index (κ3) is 6.08. The summed E-state index contributed by atoms with van der Waals surface area (Å²) < 4.78 is 49.8. The number of ether oxygens (including phenoxy) is 1. The molecule has 5 rings (SSSR count). The number of alkyl halides is 3. The smallest absolute Gasteiger partial charge is 0.435 e. The van der Waals surface area contributed by atoms with Crippen molar-refractivity contribution >= 4 is 5.78 Å². The molecule has 0 fully saturated rings. The highest BCUT2D eigenvalue weighted by Gasteiger charge is 2.39. The van der Waals surface area contributed by atoms with Gasteiger partial charge in [-0.15, -0.1) is 0 Å². The highest BCUT2D eigenvalue weighted by atomic mass is 19.4. The highest BCUT2D eigenvalue weighted by Crippen LogP contribution is 2.36. The van der Waals surface area contributed by atoms with E-state index >= 15 is 0 Å². The van der Waals surface area contributed by atoms with Crippen LogP contribution in [0.5, 0.6) is 5.75 Å². The Kier molecular flexibility index (Phi) is 7.86. The fourth-order valence-corrected chi connectivity index (χ4v) is 5.52. The van der Waals surface area contributed by atoms with E-state index in [9.17, 15) is 18.0 Å². The van der Waals surface area contributed by atoms with E-state index in [0.717, 1.165) is 29.1 Å². The molecule has 0 spiro atoms. The van der Waals surface area contributed by atoms with Gasteiger partial charge in [0.05, 0.1) is 20.2 Å². The van der Waals surface area contributed by atoms with Gasteiger partial charge in [0.25, 0.3) is 0 Å². The molecule has 1 aliphatic carbocycles. The first kappa shape index (κ1) is 26.7. The second kappa shape index (κ2) is 11.5. The fourth-order valence-electron chi connectivity index (χ4n) is 5.52. The van der Waals surface area contributed by atoms with Crippen molar-refractivity contribution < 1.29 is 22.7 Å². The van der Waals surface area contributed by atoms with Gasteiger partial charge in [-0.25, -0.2) is 4.98 Å². The van der Waals surface area contributed by atoms with Crippen molar-refractivity contribution in [2.45, 2.75) is 63.7 Å². The zero-order valence-corrected chi connectivity index (χ0v) is 21.8. The maximum absolute atomic E-state index is 13.7. The standard InChI is InChI=1S/C30H31F3N4O2/c1-39-27-14-8-5-11-22(27)19-36-16-15-34-29(36)23(17-21-9-3-2-4-10-21)18-24(38)20-37-26-13-7-6-12-25(26)28(35-37)30(31,32)33/h2-5,8-11,14-16,23H,6-7,12-13,17-20H2,1H3/t23-/m1/s1. The third-order valence-corrected chi connectivity index (χ3v) is 7.30. The Morgan fingerprint density at radius 1 is 1.05 bits per heavy atom. The van der Waals surface area contributed by atoms with Crippen LogP contribution in [-0.2, 0) is 43.3 Å². The number of para-hydroxylation sites is 1. The largest absolute Gasteiger partial charge is 0.496 e. The monoisotopic (exact) mass is 536 g/mol. The Labute approximate surface area is 225 Å². The van der Waals surface area contributed by atoms with Crippen molar-refractivity contribution in [3.63, 3.8) is 0 Å². The molecule has 9 heteroatoms. The third-order valence-electron chi connectivity index (χ3n) is 7.30. The molecule has 204 valence electrons. The number of fused-ring (bicyclic) bond motifs is 1. The summed E-state index contributed by atoms with van der Waals surface area (Å²) >= 11 is 0. The summed E-state index contributed by atoms with van der Waals surface area (Å²) in [4.78, 5) is 18.1. The minimum Gasteiger partial charge on any atom is -0.496 e. The van der Waals surface area contributed by atoms with Crippen LogP contribution in [0.4, 0.5) is 13.2 Å². The lowest BCUT2D eigenvalue weighted by molar-refractivity contribution is -0.142. The molecular weight excluding hydrogens is 505 g/mol. The summed E-state index contributed by atoms with van der Waals surface area (Å²) in [6, 6.07) is 17.6. The summed E-state index contributed by atoms with van der Waals surface area (Å²) in [5, 5.41) is 3.89. The van der Waals surface area contributed by atoms with Crippen LogP contribution in [0.25, 0.3) is 0 Å². The molecule has 1 aliphatic rings. The zero-order valence-electron chi connectivity index (χ0n) is 21.8. The summed E-state index contributed by atoms with van der Waals surface area (Å²) in [6.45, 7) is 0.331. The lowest BCUT2D eigenvalue weighted by Gasteiger charge is -2.20.